The third kappa shape index (κ3) is 2.36. The molecular formula is C13H16N4. The Kier molecular flexibility index (Phi) is 2.95. The zero-order valence-electron chi connectivity index (χ0n) is 10.3. The van der Waals surface area contributed by atoms with Crippen LogP contribution in [0.3, 0.4) is 0 Å². The molecule has 4 heteroatoms. The van der Waals surface area contributed by atoms with Crippen molar-refractivity contribution in [2.75, 3.05) is 0 Å². The Balaban J connectivity index is 2.46. The Hall–Kier alpha value is -2.10. The van der Waals surface area contributed by atoms with Crippen molar-refractivity contribution < 1.29 is 0 Å². The summed E-state index contributed by atoms with van der Waals surface area (Å²) < 4.78 is 0. The molecule has 88 valence electrons. The first kappa shape index (κ1) is 11.4. The zero-order valence-corrected chi connectivity index (χ0v) is 10.3. The van der Waals surface area contributed by atoms with Crippen molar-refractivity contribution in [2.24, 2.45) is 10.7 Å². The number of nitrogens with two attached hydrogens (primary N) is 1. The maximum Gasteiger partial charge on any atom is 0.172 e. The molecule has 1 aromatic carbocycles. The van der Waals surface area contributed by atoms with Crippen LogP contribution in [0.25, 0.3) is 0 Å². The number of nitrogens with one attached hydrogen (secondary N) is 1. The molecule has 0 atom stereocenters. The van der Waals surface area contributed by atoms with Gasteiger partial charge >= 0.3 is 0 Å². The van der Waals surface area contributed by atoms with Crippen LogP contribution in [0.15, 0.2) is 29.5 Å². The summed E-state index contributed by atoms with van der Waals surface area (Å²) in [5, 5.41) is 0. The second-order valence-corrected chi connectivity index (χ2v) is 4.18. The van der Waals surface area contributed by atoms with Gasteiger partial charge in [0, 0.05) is 12.4 Å². The summed E-state index contributed by atoms with van der Waals surface area (Å²) in [7, 11) is 0. The van der Waals surface area contributed by atoms with Crippen LogP contribution in [0.4, 0.5) is 5.69 Å². The third-order valence-electron chi connectivity index (χ3n) is 2.61. The second kappa shape index (κ2) is 4.41. The molecule has 3 N–H and O–H groups in total. The van der Waals surface area contributed by atoms with E-state index in [2.05, 4.69) is 34.0 Å². The van der Waals surface area contributed by atoms with Crippen LogP contribution < -0.4 is 5.73 Å². The number of H-pyrrole nitrogens is 1. The van der Waals surface area contributed by atoms with Crippen LogP contribution >= 0.6 is 0 Å². The van der Waals surface area contributed by atoms with Gasteiger partial charge in [-0.15, -0.1) is 0 Å². The number of hydrogen-bond acceptors (Lipinski definition) is 2. The summed E-state index contributed by atoms with van der Waals surface area (Å²) in [5.41, 5.74) is 10.3. The fourth-order valence-electron chi connectivity index (χ4n) is 1.93. The van der Waals surface area contributed by atoms with Crippen LogP contribution in [0, 0.1) is 20.8 Å². The molecule has 0 aliphatic heterocycles. The molecule has 2 rings (SSSR count). The second-order valence-electron chi connectivity index (χ2n) is 4.18. The van der Waals surface area contributed by atoms with Crippen LogP contribution in [0.1, 0.15) is 22.5 Å². The molecular weight excluding hydrogens is 212 g/mol. The molecule has 0 spiro atoms. The number of nitrogens with zero attached hydrogens (tertiary/aromatic N) is 2. The largest absolute Gasteiger partial charge is 0.381 e. The smallest absolute Gasteiger partial charge is 0.172 e. The SMILES string of the molecule is Cc1cc(C)c(N=C(N)c2ncc[nH]2)c(C)c1. The highest BCUT2D eigenvalue weighted by Gasteiger charge is 2.05. The highest BCUT2D eigenvalue weighted by atomic mass is 15.0. The number of rotatable bonds is 2. The highest BCUT2D eigenvalue weighted by Crippen LogP contribution is 2.25. The van der Waals surface area contributed by atoms with E-state index < -0.39 is 0 Å². The summed E-state index contributed by atoms with van der Waals surface area (Å²) in [6, 6.07) is 4.20. The average Bonchev–Trinajstić information content (AvgIpc) is 2.76. The van der Waals surface area contributed by atoms with Gasteiger partial charge in [-0.25, -0.2) is 9.98 Å². The molecule has 0 saturated heterocycles. The summed E-state index contributed by atoms with van der Waals surface area (Å²) >= 11 is 0. The maximum atomic E-state index is 5.90. The molecule has 0 fully saturated rings. The maximum absolute atomic E-state index is 5.90. The molecule has 2 aromatic rings. The quantitative estimate of drug-likeness (QED) is 0.612. The average molecular weight is 228 g/mol. The van der Waals surface area contributed by atoms with Crippen molar-refractivity contribution in [1.29, 1.82) is 0 Å². The molecule has 0 aliphatic rings. The molecule has 4 nitrogen and oxygen atoms in total. The Morgan fingerprint density at radius 2 is 1.88 bits per heavy atom. The molecule has 0 unspecified atom stereocenters. The van der Waals surface area contributed by atoms with E-state index in [1.165, 1.54) is 5.56 Å². The van der Waals surface area contributed by atoms with Gasteiger partial charge in [-0.05, 0) is 31.9 Å². The summed E-state index contributed by atoms with van der Waals surface area (Å²) in [6.07, 6.45) is 3.39. The van der Waals surface area contributed by atoms with Gasteiger partial charge in [0.25, 0.3) is 0 Å². The number of hydrogen-bond donors (Lipinski definition) is 2. The van der Waals surface area contributed by atoms with E-state index >= 15 is 0 Å². The van der Waals surface area contributed by atoms with Crippen LogP contribution in [-0.4, -0.2) is 15.8 Å². The first-order valence-corrected chi connectivity index (χ1v) is 5.49. The van der Waals surface area contributed by atoms with E-state index in [0.29, 0.717) is 11.7 Å². The molecule has 0 aliphatic carbocycles. The van der Waals surface area contributed by atoms with Gasteiger partial charge in [0.15, 0.2) is 11.7 Å². The topological polar surface area (TPSA) is 67.1 Å². The number of benzene rings is 1. The van der Waals surface area contributed by atoms with Crippen LogP contribution in [-0.2, 0) is 0 Å². The lowest BCUT2D eigenvalue weighted by Crippen LogP contribution is -2.14. The lowest BCUT2D eigenvalue weighted by molar-refractivity contribution is 1.22. The van der Waals surface area contributed by atoms with Crippen molar-refractivity contribution in [1.82, 2.24) is 9.97 Å². The van der Waals surface area contributed by atoms with E-state index in [1.54, 1.807) is 12.4 Å². The fraction of sp³-hybridized carbons (Fsp3) is 0.231. The van der Waals surface area contributed by atoms with Gasteiger partial charge in [-0.1, -0.05) is 17.7 Å². The van der Waals surface area contributed by atoms with Crippen molar-refractivity contribution in [3.05, 3.63) is 47.0 Å². The van der Waals surface area contributed by atoms with Crippen molar-refractivity contribution in [3.8, 4) is 0 Å². The van der Waals surface area contributed by atoms with Gasteiger partial charge in [0.1, 0.15) is 0 Å². The van der Waals surface area contributed by atoms with Gasteiger partial charge in [0.05, 0.1) is 5.69 Å². The Morgan fingerprint density at radius 1 is 1.24 bits per heavy atom. The van der Waals surface area contributed by atoms with E-state index in [0.717, 1.165) is 16.8 Å². The number of aliphatic imine (C=N–C) groups is 1. The highest BCUT2D eigenvalue weighted by molar-refractivity contribution is 5.96. The van der Waals surface area contributed by atoms with E-state index in [4.69, 9.17) is 5.73 Å². The van der Waals surface area contributed by atoms with Gasteiger partial charge in [0.2, 0.25) is 0 Å². The standard InChI is InChI=1S/C13H16N4/c1-8-6-9(2)11(10(3)7-8)17-12(14)13-15-4-5-16-13/h4-7H,1-3H3,(H2,14,17)(H,15,16). The molecule has 1 heterocycles. The number of amidine groups is 1. The Labute approximate surface area is 101 Å². The van der Waals surface area contributed by atoms with Gasteiger partial charge < -0.3 is 10.7 Å². The molecule has 0 bridgehead atoms. The minimum absolute atomic E-state index is 0.407. The lowest BCUT2D eigenvalue weighted by Gasteiger charge is -2.07. The van der Waals surface area contributed by atoms with Gasteiger partial charge in [-0.3, -0.25) is 0 Å². The first-order chi connectivity index (χ1) is 8.08. The zero-order chi connectivity index (χ0) is 12.4. The molecule has 17 heavy (non-hydrogen) atoms. The van der Waals surface area contributed by atoms with E-state index in [1.807, 2.05) is 13.8 Å². The lowest BCUT2D eigenvalue weighted by atomic mass is 10.1. The first-order valence-electron chi connectivity index (χ1n) is 5.49. The Morgan fingerprint density at radius 3 is 2.41 bits per heavy atom. The summed E-state index contributed by atoms with van der Waals surface area (Å²) in [4.78, 5) is 11.5. The van der Waals surface area contributed by atoms with Crippen LogP contribution in [0.2, 0.25) is 0 Å². The number of aryl methyl sites for hydroxylation is 3. The normalized spacial score (nSPS) is 11.8. The van der Waals surface area contributed by atoms with Crippen molar-refractivity contribution in [2.45, 2.75) is 20.8 Å². The number of aromatic amines is 1. The molecule has 1 aromatic heterocycles. The summed E-state index contributed by atoms with van der Waals surface area (Å²) in [5.74, 6) is 1.01. The predicted molar refractivity (Wildman–Crippen MR) is 69.6 cm³/mol. The molecule has 0 saturated carbocycles. The molecule has 0 amide bonds. The fourth-order valence-corrected chi connectivity index (χ4v) is 1.93. The third-order valence-corrected chi connectivity index (χ3v) is 2.61. The number of imidazole rings is 1. The minimum atomic E-state index is 0.407. The van der Waals surface area contributed by atoms with E-state index in [9.17, 15) is 0 Å². The Bertz CT molecular complexity index is 530. The van der Waals surface area contributed by atoms with Crippen molar-refractivity contribution >= 4 is 11.5 Å². The van der Waals surface area contributed by atoms with E-state index in [-0.39, 0.29) is 0 Å². The monoisotopic (exact) mass is 228 g/mol. The predicted octanol–water partition coefficient (Wildman–Crippen LogP) is 2.37. The molecule has 0 radical (unpaired) electrons. The van der Waals surface area contributed by atoms with Crippen LogP contribution in [0.5, 0.6) is 0 Å². The van der Waals surface area contributed by atoms with Crippen molar-refractivity contribution in [3.63, 3.8) is 0 Å². The minimum Gasteiger partial charge on any atom is -0.381 e. The summed E-state index contributed by atoms with van der Waals surface area (Å²) in [6.45, 7) is 6.14. The number of aromatic nitrogens is 2. The van der Waals surface area contributed by atoms with Gasteiger partial charge in [-0.2, -0.15) is 0 Å².